The van der Waals surface area contributed by atoms with Crippen molar-refractivity contribution in [1.82, 2.24) is 9.61 Å². The summed E-state index contributed by atoms with van der Waals surface area (Å²) in [6.45, 7) is 1.89. The number of phenolic OH excluding ortho intramolecular Hbond substituents is 1. The van der Waals surface area contributed by atoms with E-state index in [0.717, 1.165) is 0 Å². The third-order valence-electron chi connectivity index (χ3n) is 3.36. The maximum absolute atomic E-state index is 13.3. The fourth-order valence-electron chi connectivity index (χ4n) is 2.32. The largest absolute Gasteiger partial charge is 0.508 e. The minimum absolute atomic E-state index is 0.101. The highest BCUT2D eigenvalue weighted by atomic mass is 19.1. The average Bonchev–Trinajstić information content (AvgIpc) is 2.84. The highest BCUT2D eigenvalue weighted by Crippen LogP contribution is 2.22. The highest BCUT2D eigenvalue weighted by molar-refractivity contribution is 6.14. The summed E-state index contributed by atoms with van der Waals surface area (Å²) in [5.74, 6) is -0.492. The number of aryl methyl sites for hydroxylation is 1. The number of carbonyl (C=O) groups is 1. The number of aromatic hydroxyl groups is 1. The number of nitrogens with zero attached hydrogens (tertiary/aromatic N) is 2. The summed E-state index contributed by atoms with van der Waals surface area (Å²) < 4.78 is 14.7. The van der Waals surface area contributed by atoms with E-state index in [0.29, 0.717) is 28.8 Å². The van der Waals surface area contributed by atoms with E-state index in [1.165, 1.54) is 28.9 Å². The first-order chi connectivity index (χ1) is 10.1. The van der Waals surface area contributed by atoms with E-state index in [1.54, 1.807) is 18.2 Å². The Bertz CT molecular complexity index is 822. The van der Waals surface area contributed by atoms with Gasteiger partial charge >= 0.3 is 0 Å². The van der Waals surface area contributed by atoms with Crippen molar-refractivity contribution in [3.05, 3.63) is 65.2 Å². The predicted molar refractivity (Wildman–Crippen MR) is 76.1 cm³/mol. The SMILES string of the molecule is CCc1nn2cc(F)ccc2c1C(=O)c1ccc(O)cc1. The summed E-state index contributed by atoms with van der Waals surface area (Å²) in [4.78, 5) is 12.7. The first-order valence-electron chi connectivity index (χ1n) is 6.60. The Kier molecular flexibility index (Phi) is 3.17. The number of fused-ring (bicyclic) bond motifs is 1. The number of aromatic nitrogens is 2. The monoisotopic (exact) mass is 284 g/mol. The third-order valence-corrected chi connectivity index (χ3v) is 3.36. The van der Waals surface area contributed by atoms with Crippen LogP contribution in [0.4, 0.5) is 4.39 Å². The third kappa shape index (κ3) is 2.27. The summed E-state index contributed by atoms with van der Waals surface area (Å²) in [6, 6.07) is 8.90. The lowest BCUT2D eigenvalue weighted by Gasteiger charge is -2.02. The van der Waals surface area contributed by atoms with Crippen molar-refractivity contribution in [1.29, 1.82) is 0 Å². The Balaban J connectivity index is 2.18. The number of hydrogen-bond acceptors (Lipinski definition) is 3. The molecule has 3 aromatic rings. The van der Waals surface area contributed by atoms with E-state index in [-0.39, 0.29) is 11.5 Å². The molecule has 0 aliphatic carbocycles. The van der Waals surface area contributed by atoms with Crippen LogP contribution in [0.5, 0.6) is 5.75 Å². The summed E-state index contributed by atoms with van der Waals surface area (Å²) in [5.41, 5.74) is 2.13. The molecule has 0 atom stereocenters. The fourth-order valence-corrected chi connectivity index (χ4v) is 2.32. The molecule has 106 valence electrons. The summed E-state index contributed by atoms with van der Waals surface area (Å²) >= 11 is 0. The number of pyridine rings is 1. The van der Waals surface area contributed by atoms with Crippen molar-refractivity contribution in [3.8, 4) is 5.75 Å². The van der Waals surface area contributed by atoms with Gasteiger partial charge in [-0.25, -0.2) is 8.91 Å². The van der Waals surface area contributed by atoms with E-state index in [2.05, 4.69) is 5.10 Å². The molecule has 4 nitrogen and oxygen atoms in total. The van der Waals surface area contributed by atoms with E-state index >= 15 is 0 Å². The van der Waals surface area contributed by atoms with Crippen molar-refractivity contribution in [2.24, 2.45) is 0 Å². The smallest absolute Gasteiger partial charge is 0.197 e. The first-order valence-corrected chi connectivity index (χ1v) is 6.60. The maximum Gasteiger partial charge on any atom is 0.197 e. The molecule has 2 heterocycles. The van der Waals surface area contributed by atoms with Gasteiger partial charge in [-0.3, -0.25) is 4.79 Å². The number of benzene rings is 1. The highest BCUT2D eigenvalue weighted by Gasteiger charge is 2.20. The maximum atomic E-state index is 13.3. The van der Waals surface area contributed by atoms with E-state index in [9.17, 15) is 14.3 Å². The Morgan fingerprint density at radius 1 is 1.24 bits per heavy atom. The van der Waals surface area contributed by atoms with Gasteiger partial charge in [0, 0.05) is 5.56 Å². The van der Waals surface area contributed by atoms with Gasteiger partial charge in [0.25, 0.3) is 0 Å². The van der Waals surface area contributed by atoms with Crippen LogP contribution in [0.1, 0.15) is 28.5 Å². The minimum Gasteiger partial charge on any atom is -0.508 e. The lowest BCUT2D eigenvalue weighted by atomic mass is 10.0. The molecule has 0 aliphatic heterocycles. The van der Waals surface area contributed by atoms with Crippen molar-refractivity contribution in [2.45, 2.75) is 13.3 Å². The summed E-state index contributed by atoms with van der Waals surface area (Å²) in [6.07, 6.45) is 1.82. The normalized spacial score (nSPS) is 11.0. The van der Waals surface area contributed by atoms with Crippen LogP contribution in [-0.4, -0.2) is 20.5 Å². The van der Waals surface area contributed by atoms with Gasteiger partial charge in [0.05, 0.1) is 23.0 Å². The Morgan fingerprint density at radius 3 is 2.62 bits per heavy atom. The Labute approximate surface area is 120 Å². The molecule has 0 saturated carbocycles. The van der Waals surface area contributed by atoms with Crippen LogP contribution in [0.2, 0.25) is 0 Å². The molecule has 0 radical (unpaired) electrons. The van der Waals surface area contributed by atoms with Crippen LogP contribution in [0.15, 0.2) is 42.6 Å². The van der Waals surface area contributed by atoms with Crippen LogP contribution < -0.4 is 0 Å². The van der Waals surface area contributed by atoms with Gasteiger partial charge in [-0.1, -0.05) is 6.92 Å². The van der Waals surface area contributed by atoms with Gasteiger partial charge in [-0.15, -0.1) is 0 Å². The standard InChI is InChI=1S/C16H13FN2O2/c1-2-13-15(14-8-5-11(17)9-19(14)18-13)16(21)10-3-6-12(20)7-4-10/h3-9,20H,2H2,1H3. The van der Waals surface area contributed by atoms with Crippen LogP contribution in [0.25, 0.3) is 5.52 Å². The fraction of sp³-hybridized carbons (Fsp3) is 0.125. The molecule has 21 heavy (non-hydrogen) atoms. The average molecular weight is 284 g/mol. The van der Waals surface area contributed by atoms with Gasteiger partial charge in [0.2, 0.25) is 0 Å². The van der Waals surface area contributed by atoms with E-state index < -0.39 is 5.82 Å². The van der Waals surface area contributed by atoms with Crippen LogP contribution in [0, 0.1) is 5.82 Å². The van der Waals surface area contributed by atoms with Crippen molar-refractivity contribution < 1.29 is 14.3 Å². The quantitative estimate of drug-likeness (QED) is 0.752. The van der Waals surface area contributed by atoms with Gasteiger partial charge in [-0.2, -0.15) is 5.10 Å². The molecule has 5 heteroatoms. The molecule has 0 fully saturated rings. The zero-order chi connectivity index (χ0) is 15.0. The van der Waals surface area contributed by atoms with Gasteiger partial charge < -0.3 is 5.11 Å². The second-order valence-corrected chi connectivity index (χ2v) is 4.73. The Hall–Kier alpha value is -2.69. The van der Waals surface area contributed by atoms with Crippen molar-refractivity contribution in [3.63, 3.8) is 0 Å². The van der Waals surface area contributed by atoms with Gasteiger partial charge in [0.15, 0.2) is 5.78 Å². The number of halogens is 1. The lowest BCUT2D eigenvalue weighted by Crippen LogP contribution is -2.03. The lowest BCUT2D eigenvalue weighted by molar-refractivity contribution is 0.103. The molecule has 0 bridgehead atoms. The zero-order valence-corrected chi connectivity index (χ0v) is 11.4. The molecule has 0 aliphatic rings. The number of rotatable bonds is 3. The first kappa shape index (κ1) is 13.3. The number of ketones is 1. The number of carbonyl (C=O) groups excluding carboxylic acids is 1. The van der Waals surface area contributed by atoms with Crippen molar-refractivity contribution >= 4 is 11.3 Å². The topological polar surface area (TPSA) is 54.6 Å². The van der Waals surface area contributed by atoms with E-state index in [4.69, 9.17) is 0 Å². The van der Waals surface area contributed by atoms with Crippen molar-refractivity contribution in [2.75, 3.05) is 0 Å². The summed E-state index contributed by atoms with van der Waals surface area (Å²) in [5, 5.41) is 13.6. The van der Waals surface area contributed by atoms with E-state index in [1.807, 2.05) is 6.92 Å². The second kappa shape index (κ2) is 5.01. The number of phenols is 1. The molecule has 0 saturated heterocycles. The molecular weight excluding hydrogens is 271 g/mol. The minimum atomic E-state index is -0.406. The molecular formula is C16H13FN2O2. The summed E-state index contributed by atoms with van der Waals surface area (Å²) in [7, 11) is 0. The molecule has 1 aromatic carbocycles. The molecule has 0 spiro atoms. The molecule has 1 N–H and O–H groups in total. The van der Waals surface area contributed by atoms with Gasteiger partial charge in [-0.05, 0) is 42.8 Å². The zero-order valence-electron chi connectivity index (χ0n) is 11.4. The predicted octanol–water partition coefficient (Wildman–Crippen LogP) is 2.97. The Morgan fingerprint density at radius 2 is 1.95 bits per heavy atom. The molecule has 0 amide bonds. The molecule has 2 aromatic heterocycles. The van der Waals surface area contributed by atoms with Gasteiger partial charge in [0.1, 0.15) is 11.6 Å². The number of hydrogen-bond donors (Lipinski definition) is 1. The second-order valence-electron chi connectivity index (χ2n) is 4.73. The molecule has 3 rings (SSSR count). The van der Waals surface area contributed by atoms with Crippen LogP contribution in [0.3, 0.4) is 0 Å². The van der Waals surface area contributed by atoms with Crippen LogP contribution in [-0.2, 0) is 6.42 Å². The molecule has 0 unspecified atom stereocenters. The van der Waals surface area contributed by atoms with Crippen LogP contribution >= 0.6 is 0 Å².